The van der Waals surface area contributed by atoms with Gasteiger partial charge in [-0.3, -0.25) is 4.79 Å². The van der Waals surface area contributed by atoms with Gasteiger partial charge in [0, 0.05) is 5.92 Å². The van der Waals surface area contributed by atoms with Crippen molar-refractivity contribution in [2.75, 3.05) is 0 Å². The van der Waals surface area contributed by atoms with Gasteiger partial charge in [-0.05, 0) is 24.1 Å². The first kappa shape index (κ1) is 13.3. The normalized spacial score (nSPS) is 12.5. The fourth-order valence-corrected chi connectivity index (χ4v) is 1.91. The molecule has 1 nitrogen and oxygen atoms in total. The molecule has 19 heavy (non-hydrogen) atoms. The van der Waals surface area contributed by atoms with E-state index in [-0.39, 0.29) is 11.7 Å². The van der Waals surface area contributed by atoms with Crippen LogP contribution < -0.4 is 0 Å². The summed E-state index contributed by atoms with van der Waals surface area (Å²) < 4.78 is 0. The van der Waals surface area contributed by atoms with Gasteiger partial charge >= 0.3 is 0 Å². The summed E-state index contributed by atoms with van der Waals surface area (Å²) in [5.74, 6) is 0.0367. The van der Waals surface area contributed by atoms with Crippen LogP contribution in [0.5, 0.6) is 0 Å². The third kappa shape index (κ3) is 3.65. The van der Waals surface area contributed by atoms with E-state index < -0.39 is 0 Å². The third-order valence-corrected chi connectivity index (χ3v) is 3.24. The Morgan fingerprint density at radius 2 is 1.63 bits per heavy atom. The van der Waals surface area contributed by atoms with Crippen LogP contribution in [0.25, 0.3) is 6.08 Å². The van der Waals surface area contributed by atoms with Gasteiger partial charge in [-0.2, -0.15) is 0 Å². The highest BCUT2D eigenvalue weighted by atomic mass is 16.1. The van der Waals surface area contributed by atoms with E-state index in [2.05, 4.69) is 6.92 Å². The predicted octanol–water partition coefficient (Wildman–Crippen LogP) is 4.38. The molecular weight excluding hydrogens is 232 g/mol. The predicted molar refractivity (Wildman–Crippen MR) is 80.1 cm³/mol. The van der Waals surface area contributed by atoms with E-state index in [0.717, 1.165) is 11.1 Å². The van der Waals surface area contributed by atoms with Gasteiger partial charge in [0.05, 0.1) is 0 Å². The zero-order valence-electron chi connectivity index (χ0n) is 11.3. The summed E-state index contributed by atoms with van der Waals surface area (Å²) in [6, 6.07) is 18.0. The summed E-state index contributed by atoms with van der Waals surface area (Å²) in [4.78, 5) is 12.1. The van der Waals surface area contributed by atoms with E-state index in [4.69, 9.17) is 0 Å². The molecule has 0 aliphatic rings. The number of allylic oxidation sites excluding steroid dienone is 1. The zero-order chi connectivity index (χ0) is 13.7. The molecule has 2 aromatic carbocycles. The molecule has 2 rings (SSSR count). The van der Waals surface area contributed by atoms with Gasteiger partial charge in [0.1, 0.15) is 0 Å². The summed E-state index contributed by atoms with van der Waals surface area (Å²) in [6.45, 7) is 3.99. The van der Waals surface area contributed by atoms with Crippen molar-refractivity contribution in [1.82, 2.24) is 0 Å². The van der Waals surface area contributed by atoms with Crippen molar-refractivity contribution < 1.29 is 4.79 Å². The van der Waals surface area contributed by atoms with Gasteiger partial charge in [-0.25, -0.2) is 0 Å². The maximum atomic E-state index is 12.1. The van der Waals surface area contributed by atoms with Crippen molar-refractivity contribution in [2.45, 2.75) is 19.8 Å². The largest absolute Gasteiger partial charge is 0.294 e. The molecule has 0 spiro atoms. The number of benzene rings is 2. The molecule has 0 fully saturated rings. The van der Waals surface area contributed by atoms with Crippen LogP contribution in [0, 0.1) is 6.92 Å². The molecular formula is C18H18O. The second-order valence-corrected chi connectivity index (χ2v) is 4.78. The monoisotopic (exact) mass is 250 g/mol. The SMILES string of the molecule is Cc1ccc(C=CC(=O)C(C)c2ccccc2)cc1. The number of carbonyl (C=O) groups excluding carboxylic acids is 1. The molecule has 1 heteroatoms. The molecule has 0 radical (unpaired) electrons. The zero-order valence-corrected chi connectivity index (χ0v) is 11.3. The Morgan fingerprint density at radius 1 is 1.00 bits per heavy atom. The first-order valence-corrected chi connectivity index (χ1v) is 6.50. The fraction of sp³-hybridized carbons (Fsp3) is 0.167. The summed E-state index contributed by atoms with van der Waals surface area (Å²) >= 11 is 0. The minimum absolute atomic E-state index is 0.0945. The Labute approximate surface area is 114 Å². The number of ketones is 1. The van der Waals surface area contributed by atoms with E-state index >= 15 is 0 Å². The smallest absolute Gasteiger partial charge is 0.162 e. The highest BCUT2D eigenvalue weighted by molar-refractivity contribution is 5.98. The standard InChI is InChI=1S/C18H18O/c1-14-8-10-16(11-9-14)12-13-18(19)15(2)17-6-4-3-5-7-17/h3-13,15H,1-2H3. The first-order chi connectivity index (χ1) is 9.16. The van der Waals surface area contributed by atoms with Crippen molar-refractivity contribution in [3.8, 4) is 0 Å². The number of hydrogen-bond donors (Lipinski definition) is 0. The third-order valence-electron chi connectivity index (χ3n) is 3.24. The highest BCUT2D eigenvalue weighted by Crippen LogP contribution is 2.16. The molecule has 96 valence electrons. The van der Waals surface area contributed by atoms with Crippen LogP contribution >= 0.6 is 0 Å². The second-order valence-electron chi connectivity index (χ2n) is 4.78. The Kier molecular flexibility index (Phi) is 4.30. The average molecular weight is 250 g/mol. The van der Waals surface area contributed by atoms with E-state index in [9.17, 15) is 4.79 Å². The van der Waals surface area contributed by atoms with Gasteiger partial charge in [0.2, 0.25) is 0 Å². The fourth-order valence-electron chi connectivity index (χ4n) is 1.91. The Morgan fingerprint density at radius 3 is 2.26 bits per heavy atom. The highest BCUT2D eigenvalue weighted by Gasteiger charge is 2.11. The molecule has 2 aromatic rings. The Bertz CT molecular complexity index is 564. The van der Waals surface area contributed by atoms with Crippen LogP contribution in [-0.2, 0) is 4.79 Å². The second kappa shape index (κ2) is 6.14. The summed E-state index contributed by atoms with van der Waals surface area (Å²) in [5.41, 5.74) is 3.33. The molecule has 1 atom stereocenters. The topological polar surface area (TPSA) is 17.1 Å². The van der Waals surface area contributed by atoms with Crippen LogP contribution in [0.2, 0.25) is 0 Å². The van der Waals surface area contributed by atoms with Crippen molar-refractivity contribution in [3.05, 3.63) is 77.4 Å². The number of carbonyl (C=O) groups is 1. The number of aryl methyl sites for hydroxylation is 1. The van der Waals surface area contributed by atoms with Gasteiger partial charge < -0.3 is 0 Å². The van der Waals surface area contributed by atoms with Crippen molar-refractivity contribution in [1.29, 1.82) is 0 Å². The Hall–Kier alpha value is -2.15. The van der Waals surface area contributed by atoms with E-state index in [0.29, 0.717) is 0 Å². The summed E-state index contributed by atoms with van der Waals surface area (Å²) in [5, 5.41) is 0. The van der Waals surface area contributed by atoms with Gasteiger partial charge in [0.15, 0.2) is 5.78 Å². The quantitative estimate of drug-likeness (QED) is 0.736. The Balaban J connectivity index is 2.07. The molecule has 0 bridgehead atoms. The molecule has 0 aliphatic carbocycles. The van der Waals surface area contributed by atoms with Crippen LogP contribution in [0.4, 0.5) is 0 Å². The molecule has 0 aromatic heterocycles. The number of hydrogen-bond acceptors (Lipinski definition) is 1. The lowest BCUT2D eigenvalue weighted by Gasteiger charge is -2.07. The molecule has 0 amide bonds. The van der Waals surface area contributed by atoms with Crippen LogP contribution in [0.1, 0.15) is 29.5 Å². The van der Waals surface area contributed by atoms with Gasteiger partial charge in [-0.1, -0.05) is 73.2 Å². The number of rotatable bonds is 4. The molecule has 0 N–H and O–H groups in total. The van der Waals surface area contributed by atoms with Crippen LogP contribution in [-0.4, -0.2) is 5.78 Å². The molecule has 1 unspecified atom stereocenters. The molecule has 0 heterocycles. The first-order valence-electron chi connectivity index (χ1n) is 6.50. The maximum absolute atomic E-state index is 12.1. The average Bonchev–Trinajstić information content (AvgIpc) is 2.46. The van der Waals surface area contributed by atoms with Crippen LogP contribution in [0.15, 0.2) is 60.7 Å². The van der Waals surface area contributed by atoms with E-state index in [1.165, 1.54) is 5.56 Å². The van der Waals surface area contributed by atoms with Crippen molar-refractivity contribution in [2.24, 2.45) is 0 Å². The lowest BCUT2D eigenvalue weighted by molar-refractivity contribution is -0.115. The lowest BCUT2D eigenvalue weighted by atomic mass is 9.96. The van der Waals surface area contributed by atoms with Crippen molar-refractivity contribution >= 4 is 11.9 Å². The molecule has 0 aliphatic heterocycles. The van der Waals surface area contributed by atoms with Gasteiger partial charge in [0.25, 0.3) is 0 Å². The molecule has 0 saturated heterocycles. The maximum Gasteiger partial charge on any atom is 0.162 e. The van der Waals surface area contributed by atoms with Crippen LogP contribution in [0.3, 0.4) is 0 Å². The van der Waals surface area contributed by atoms with Crippen molar-refractivity contribution in [3.63, 3.8) is 0 Å². The minimum atomic E-state index is -0.0945. The van der Waals surface area contributed by atoms with E-state index in [1.807, 2.05) is 67.6 Å². The van der Waals surface area contributed by atoms with Gasteiger partial charge in [-0.15, -0.1) is 0 Å². The lowest BCUT2D eigenvalue weighted by Crippen LogP contribution is -2.05. The summed E-state index contributed by atoms with van der Waals surface area (Å²) in [7, 11) is 0. The van der Waals surface area contributed by atoms with E-state index in [1.54, 1.807) is 6.08 Å². The summed E-state index contributed by atoms with van der Waals surface area (Å²) in [6.07, 6.45) is 3.55. The molecule has 0 saturated carbocycles. The minimum Gasteiger partial charge on any atom is -0.294 e.